The van der Waals surface area contributed by atoms with Gasteiger partial charge in [-0.2, -0.15) is 0 Å². The van der Waals surface area contributed by atoms with Gasteiger partial charge in [-0.25, -0.2) is 4.39 Å². The molecule has 0 bridgehead atoms. The molecule has 1 heterocycles. The van der Waals surface area contributed by atoms with E-state index in [1.54, 1.807) is 23.8 Å². The van der Waals surface area contributed by atoms with Gasteiger partial charge in [-0.15, -0.1) is 0 Å². The summed E-state index contributed by atoms with van der Waals surface area (Å²) < 4.78 is 33.5. The van der Waals surface area contributed by atoms with Crippen LogP contribution in [0, 0.1) is 5.82 Å². The van der Waals surface area contributed by atoms with Crippen molar-refractivity contribution in [3.63, 3.8) is 0 Å². The first-order chi connectivity index (χ1) is 17.4. The summed E-state index contributed by atoms with van der Waals surface area (Å²) >= 11 is 13.3. The first kappa shape index (κ1) is 26.8. The summed E-state index contributed by atoms with van der Waals surface area (Å²) in [4.78, 5) is 2.25. The Labute approximate surface area is 221 Å². The second-order valence-electron chi connectivity index (χ2n) is 8.47. The number of rotatable bonds is 9. The molecule has 0 radical (unpaired) electrons. The van der Waals surface area contributed by atoms with Gasteiger partial charge >= 0.3 is 0 Å². The summed E-state index contributed by atoms with van der Waals surface area (Å²) in [5.74, 6) is 2.81. The Balaban J connectivity index is 1.67. The number of halogens is 3. The van der Waals surface area contributed by atoms with Crippen molar-refractivity contribution in [2.45, 2.75) is 6.04 Å². The summed E-state index contributed by atoms with van der Waals surface area (Å²) in [6, 6.07) is 25.0. The van der Waals surface area contributed by atoms with Crippen molar-refractivity contribution >= 4 is 40.6 Å². The van der Waals surface area contributed by atoms with E-state index >= 15 is 0 Å². The van der Waals surface area contributed by atoms with Crippen LogP contribution in [0.2, 0.25) is 0 Å². The molecule has 0 spiro atoms. The zero-order chi connectivity index (χ0) is 25.4. The average Bonchev–Trinajstić information content (AvgIpc) is 2.91. The predicted molar refractivity (Wildman–Crippen MR) is 148 cm³/mol. The third-order valence-corrected chi connectivity index (χ3v) is 8.90. The van der Waals surface area contributed by atoms with Crippen LogP contribution < -0.4 is 5.09 Å². The molecule has 1 fully saturated rings. The van der Waals surface area contributed by atoms with Gasteiger partial charge in [-0.1, -0.05) is 96.0 Å². The molecule has 0 amide bonds. The van der Waals surface area contributed by atoms with Gasteiger partial charge in [0.2, 0.25) is 0 Å². The number of hydrogen-bond acceptors (Lipinski definition) is 3. The summed E-state index contributed by atoms with van der Waals surface area (Å²) in [5.41, 5.74) is 2.44. The molecule has 2 atom stereocenters. The SMILES string of the molecule is O=P(C=C(Cl)c1ccccc1)(/C=C(/Cl)c1ccccc1)NCC(c1ccc(F)cc1)N1CCOCC1. The zero-order valence-electron chi connectivity index (χ0n) is 19.7. The molecule has 3 aromatic rings. The molecule has 4 rings (SSSR count). The monoisotopic (exact) mass is 544 g/mol. The van der Waals surface area contributed by atoms with Crippen molar-refractivity contribution < 1.29 is 13.7 Å². The first-order valence-electron chi connectivity index (χ1n) is 11.7. The Morgan fingerprint density at radius 2 is 1.39 bits per heavy atom. The van der Waals surface area contributed by atoms with Crippen molar-refractivity contribution in [3.8, 4) is 0 Å². The molecule has 1 aliphatic heterocycles. The molecular formula is C28H28Cl2FN2O2P. The van der Waals surface area contributed by atoms with Crippen LogP contribution in [0.3, 0.4) is 0 Å². The lowest BCUT2D eigenvalue weighted by Crippen LogP contribution is -2.42. The maximum atomic E-state index is 14.3. The van der Waals surface area contributed by atoms with Crippen molar-refractivity contribution in [3.05, 3.63) is 119 Å². The van der Waals surface area contributed by atoms with E-state index in [1.165, 1.54) is 12.1 Å². The molecule has 8 heteroatoms. The van der Waals surface area contributed by atoms with Crippen LogP contribution in [0.25, 0.3) is 10.1 Å². The van der Waals surface area contributed by atoms with Gasteiger partial charge in [0, 0.05) is 37.3 Å². The van der Waals surface area contributed by atoms with Crippen LogP contribution in [-0.2, 0) is 9.30 Å². The fourth-order valence-corrected chi connectivity index (χ4v) is 6.88. The first-order valence-corrected chi connectivity index (χ1v) is 14.3. The minimum atomic E-state index is -3.37. The lowest BCUT2D eigenvalue weighted by atomic mass is 10.0. The van der Waals surface area contributed by atoms with Crippen molar-refractivity contribution in [2.75, 3.05) is 32.8 Å². The molecular weight excluding hydrogens is 517 g/mol. The number of morpholine rings is 1. The van der Waals surface area contributed by atoms with Gasteiger partial charge < -0.3 is 4.74 Å². The van der Waals surface area contributed by atoms with Crippen LogP contribution in [0.15, 0.2) is 96.6 Å². The van der Waals surface area contributed by atoms with E-state index in [0.717, 1.165) is 29.8 Å². The largest absolute Gasteiger partial charge is 0.379 e. The Hall–Kier alpha value is -2.24. The molecule has 188 valence electrons. The van der Waals surface area contributed by atoms with Gasteiger partial charge in [0.25, 0.3) is 0 Å². The molecule has 0 aliphatic carbocycles. The van der Waals surface area contributed by atoms with E-state index in [-0.39, 0.29) is 11.9 Å². The highest BCUT2D eigenvalue weighted by Gasteiger charge is 2.26. The quantitative estimate of drug-likeness (QED) is 0.282. The topological polar surface area (TPSA) is 41.6 Å². The fraction of sp³-hybridized carbons (Fsp3) is 0.214. The second-order valence-corrected chi connectivity index (χ2v) is 11.5. The molecule has 4 nitrogen and oxygen atoms in total. The molecule has 2 unspecified atom stereocenters. The van der Waals surface area contributed by atoms with Gasteiger partial charge in [0.1, 0.15) is 5.82 Å². The molecule has 0 aromatic heterocycles. The highest BCUT2D eigenvalue weighted by molar-refractivity contribution is 7.68. The fourth-order valence-electron chi connectivity index (χ4n) is 4.07. The highest BCUT2D eigenvalue weighted by atomic mass is 35.5. The number of benzene rings is 3. The van der Waals surface area contributed by atoms with Crippen LogP contribution >= 0.6 is 30.5 Å². The summed E-state index contributed by atoms with van der Waals surface area (Å²) in [5, 5.41) is 4.00. The van der Waals surface area contributed by atoms with Crippen LogP contribution in [0.4, 0.5) is 4.39 Å². The zero-order valence-corrected chi connectivity index (χ0v) is 22.1. The predicted octanol–water partition coefficient (Wildman–Crippen LogP) is 7.54. The molecule has 1 saturated heterocycles. The van der Waals surface area contributed by atoms with E-state index in [9.17, 15) is 8.96 Å². The Morgan fingerprint density at radius 1 is 0.889 bits per heavy atom. The van der Waals surface area contributed by atoms with Gasteiger partial charge in [-0.3, -0.25) is 14.6 Å². The van der Waals surface area contributed by atoms with E-state index in [1.807, 2.05) is 60.7 Å². The number of nitrogens with zero attached hydrogens (tertiary/aromatic N) is 1. The van der Waals surface area contributed by atoms with Crippen LogP contribution in [-0.4, -0.2) is 37.7 Å². The summed E-state index contributed by atoms with van der Waals surface area (Å²) in [6.07, 6.45) is 0. The van der Waals surface area contributed by atoms with Crippen LogP contribution in [0.1, 0.15) is 22.7 Å². The maximum Gasteiger partial charge on any atom is 0.193 e. The normalized spacial score (nSPS) is 18.0. The van der Waals surface area contributed by atoms with E-state index < -0.39 is 7.29 Å². The summed E-state index contributed by atoms with van der Waals surface area (Å²) in [6.45, 7) is 2.99. The minimum absolute atomic E-state index is 0.143. The van der Waals surface area contributed by atoms with Gasteiger partial charge in [-0.05, 0) is 28.8 Å². The highest BCUT2D eigenvalue weighted by Crippen LogP contribution is 2.50. The van der Waals surface area contributed by atoms with Crippen LogP contribution in [0.5, 0.6) is 0 Å². The Morgan fingerprint density at radius 3 is 1.89 bits per heavy atom. The third-order valence-electron chi connectivity index (χ3n) is 5.98. The smallest absolute Gasteiger partial charge is 0.193 e. The van der Waals surface area contributed by atoms with Crippen molar-refractivity contribution in [1.82, 2.24) is 9.99 Å². The second kappa shape index (κ2) is 12.8. The van der Waals surface area contributed by atoms with Crippen molar-refractivity contribution in [1.29, 1.82) is 0 Å². The molecule has 3 aromatic carbocycles. The molecule has 1 N–H and O–H groups in total. The third kappa shape index (κ3) is 7.39. The van der Waals surface area contributed by atoms with E-state index in [4.69, 9.17) is 27.9 Å². The Kier molecular flexibility index (Phi) is 9.55. The summed E-state index contributed by atoms with van der Waals surface area (Å²) in [7, 11) is -3.37. The molecule has 1 aliphatic rings. The van der Waals surface area contributed by atoms with Crippen molar-refractivity contribution in [2.24, 2.45) is 0 Å². The molecule has 0 saturated carbocycles. The molecule has 36 heavy (non-hydrogen) atoms. The maximum absolute atomic E-state index is 14.3. The van der Waals surface area contributed by atoms with E-state index in [0.29, 0.717) is 29.8 Å². The number of ether oxygens (including phenoxy) is 1. The lowest BCUT2D eigenvalue weighted by Gasteiger charge is -2.35. The standard InChI is InChI=1S/C28H28Cl2FN2O2P/c29-26(22-7-3-1-4-8-22)20-36(34,21-27(30)23-9-5-2-6-10-23)32-19-28(33-15-17-35-18-16-33)24-11-13-25(31)14-12-24/h1-14,20-21,28H,15-19H2,(H,32,34)/b26-20+,27-21?. The number of hydrogen-bond donors (Lipinski definition) is 1. The number of nitrogens with one attached hydrogen (secondary N) is 1. The average molecular weight is 545 g/mol. The van der Waals surface area contributed by atoms with E-state index in [2.05, 4.69) is 9.99 Å². The van der Waals surface area contributed by atoms with Gasteiger partial charge in [0.15, 0.2) is 7.29 Å². The lowest BCUT2D eigenvalue weighted by molar-refractivity contribution is 0.0172. The van der Waals surface area contributed by atoms with Gasteiger partial charge in [0.05, 0.1) is 23.3 Å². The Bertz CT molecular complexity index is 1170. The minimum Gasteiger partial charge on any atom is -0.379 e.